The number of carbonyl (C=O) groups excluding carboxylic acids is 1. The summed E-state index contributed by atoms with van der Waals surface area (Å²) in [5.41, 5.74) is 0.950. The SMILES string of the molecule is CCOc1ccc(CC(=O)NCC(O)C2CCCC2)cc1. The van der Waals surface area contributed by atoms with Crippen molar-refractivity contribution in [2.75, 3.05) is 13.2 Å². The number of aliphatic hydroxyl groups is 1. The van der Waals surface area contributed by atoms with Gasteiger partial charge in [0.25, 0.3) is 0 Å². The van der Waals surface area contributed by atoms with E-state index in [9.17, 15) is 9.90 Å². The Hall–Kier alpha value is -1.55. The minimum Gasteiger partial charge on any atom is -0.494 e. The molecule has 1 aliphatic rings. The van der Waals surface area contributed by atoms with E-state index in [1.807, 2.05) is 31.2 Å². The van der Waals surface area contributed by atoms with E-state index in [0.29, 0.717) is 25.5 Å². The molecule has 1 fully saturated rings. The van der Waals surface area contributed by atoms with Crippen LogP contribution in [-0.2, 0) is 11.2 Å². The zero-order valence-corrected chi connectivity index (χ0v) is 12.7. The first-order valence-corrected chi connectivity index (χ1v) is 7.85. The normalized spacial score (nSPS) is 16.7. The summed E-state index contributed by atoms with van der Waals surface area (Å²) >= 11 is 0. The fourth-order valence-electron chi connectivity index (χ4n) is 2.85. The van der Waals surface area contributed by atoms with Crippen LogP contribution in [0.5, 0.6) is 5.75 Å². The largest absolute Gasteiger partial charge is 0.494 e. The summed E-state index contributed by atoms with van der Waals surface area (Å²) in [6.45, 7) is 2.94. The maximum atomic E-state index is 11.9. The molecular weight excluding hydrogens is 266 g/mol. The van der Waals surface area contributed by atoms with Crippen LogP contribution in [0.25, 0.3) is 0 Å². The van der Waals surface area contributed by atoms with Crippen LogP contribution in [0.1, 0.15) is 38.2 Å². The summed E-state index contributed by atoms with van der Waals surface area (Å²) in [4.78, 5) is 11.9. The van der Waals surface area contributed by atoms with E-state index in [2.05, 4.69) is 5.32 Å². The van der Waals surface area contributed by atoms with Crippen LogP contribution in [0, 0.1) is 5.92 Å². The van der Waals surface area contributed by atoms with Gasteiger partial charge in [-0.15, -0.1) is 0 Å². The monoisotopic (exact) mass is 291 g/mol. The van der Waals surface area contributed by atoms with Crippen molar-refractivity contribution in [1.29, 1.82) is 0 Å². The first-order valence-electron chi connectivity index (χ1n) is 7.85. The Morgan fingerprint density at radius 3 is 2.62 bits per heavy atom. The second-order valence-corrected chi connectivity index (χ2v) is 5.67. The van der Waals surface area contributed by atoms with Crippen molar-refractivity contribution in [2.24, 2.45) is 5.92 Å². The molecule has 0 saturated heterocycles. The van der Waals surface area contributed by atoms with Crippen LogP contribution >= 0.6 is 0 Å². The van der Waals surface area contributed by atoms with Gasteiger partial charge in [-0.2, -0.15) is 0 Å². The van der Waals surface area contributed by atoms with Gasteiger partial charge in [0.2, 0.25) is 5.91 Å². The van der Waals surface area contributed by atoms with Crippen LogP contribution in [0.3, 0.4) is 0 Å². The summed E-state index contributed by atoms with van der Waals surface area (Å²) < 4.78 is 5.37. The van der Waals surface area contributed by atoms with Crippen LogP contribution in [0.2, 0.25) is 0 Å². The second-order valence-electron chi connectivity index (χ2n) is 5.67. The standard InChI is InChI=1S/C17H25NO3/c1-2-21-15-9-7-13(8-10-15)11-17(20)18-12-16(19)14-5-3-4-6-14/h7-10,14,16,19H,2-6,11-12H2,1H3,(H,18,20). The number of hydrogen-bond acceptors (Lipinski definition) is 3. The smallest absolute Gasteiger partial charge is 0.224 e. The lowest BCUT2D eigenvalue weighted by Crippen LogP contribution is -2.36. The maximum Gasteiger partial charge on any atom is 0.224 e. The highest BCUT2D eigenvalue weighted by Crippen LogP contribution is 2.27. The van der Waals surface area contributed by atoms with Gasteiger partial charge >= 0.3 is 0 Å². The lowest BCUT2D eigenvalue weighted by Gasteiger charge is -2.18. The lowest BCUT2D eigenvalue weighted by atomic mass is 10.0. The molecule has 0 bridgehead atoms. The van der Waals surface area contributed by atoms with Crippen LogP contribution in [0.4, 0.5) is 0 Å². The summed E-state index contributed by atoms with van der Waals surface area (Å²) in [6, 6.07) is 7.55. The van der Waals surface area contributed by atoms with Gasteiger partial charge in [-0.3, -0.25) is 4.79 Å². The lowest BCUT2D eigenvalue weighted by molar-refractivity contribution is -0.121. The van der Waals surface area contributed by atoms with Crippen molar-refractivity contribution < 1.29 is 14.6 Å². The number of amides is 1. The Labute approximate surface area is 126 Å². The molecule has 2 rings (SSSR count). The van der Waals surface area contributed by atoms with Gasteiger partial charge < -0.3 is 15.2 Å². The van der Waals surface area contributed by atoms with Crippen molar-refractivity contribution in [3.63, 3.8) is 0 Å². The van der Waals surface area contributed by atoms with Crippen LogP contribution < -0.4 is 10.1 Å². The van der Waals surface area contributed by atoms with E-state index < -0.39 is 6.10 Å². The maximum absolute atomic E-state index is 11.9. The second kappa shape index (κ2) is 8.03. The van der Waals surface area contributed by atoms with E-state index in [1.54, 1.807) is 0 Å². The number of hydrogen-bond donors (Lipinski definition) is 2. The number of benzene rings is 1. The Bertz CT molecular complexity index is 438. The van der Waals surface area contributed by atoms with E-state index in [1.165, 1.54) is 12.8 Å². The molecule has 2 N–H and O–H groups in total. The van der Waals surface area contributed by atoms with Gasteiger partial charge in [0, 0.05) is 6.54 Å². The molecule has 1 aromatic carbocycles. The molecule has 0 heterocycles. The zero-order chi connectivity index (χ0) is 15.1. The highest BCUT2D eigenvalue weighted by atomic mass is 16.5. The predicted molar refractivity (Wildman–Crippen MR) is 82.3 cm³/mol. The fourth-order valence-corrected chi connectivity index (χ4v) is 2.85. The Morgan fingerprint density at radius 2 is 2.00 bits per heavy atom. The molecule has 0 radical (unpaired) electrons. The Balaban J connectivity index is 1.73. The molecule has 1 atom stereocenters. The van der Waals surface area contributed by atoms with Gasteiger partial charge in [0.05, 0.1) is 19.1 Å². The quantitative estimate of drug-likeness (QED) is 0.810. The molecule has 4 nitrogen and oxygen atoms in total. The molecular formula is C17H25NO3. The van der Waals surface area contributed by atoms with Crippen molar-refractivity contribution in [2.45, 2.75) is 45.1 Å². The zero-order valence-electron chi connectivity index (χ0n) is 12.7. The number of nitrogens with one attached hydrogen (secondary N) is 1. The van der Waals surface area contributed by atoms with Crippen molar-refractivity contribution in [3.05, 3.63) is 29.8 Å². The predicted octanol–water partition coefficient (Wildman–Crippen LogP) is 2.30. The third kappa shape index (κ3) is 5.05. The van der Waals surface area contributed by atoms with E-state index in [-0.39, 0.29) is 5.91 Å². The van der Waals surface area contributed by atoms with Crippen LogP contribution in [-0.4, -0.2) is 30.3 Å². The molecule has 0 spiro atoms. The topological polar surface area (TPSA) is 58.6 Å². The average Bonchev–Trinajstić information content (AvgIpc) is 3.01. The molecule has 1 saturated carbocycles. The van der Waals surface area contributed by atoms with E-state index in [0.717, 1.165) is 24.2 Å². The van der Waals surface area contributed by atoms with Gasteiger partial charge in [0.15, 0.2) is 0 Å². The third-order valence-electron chi connectivity index (χ3n) is 4.05. The molecule has 1 unspecified atom stereocenters. The first kappa shape index (κ1) is 15.8. The van der Waals surface area contributed by atoms with Crippen molar-refractivity contribution in [3.8, 4) is 5.75 Å². The van der Waals surface area contributed by atoms with Crippen molar-refractivity contribution in [1.82, 2.24) is 5.32 Å². The van der Waals surface area contributed by atoms with E-state index in [4.69, 9.17) is 4.74 Å². The number of ether oxygens (including phenoxy) is 1. The number of carbonyl (C=O) groups is 1. The molecule has 1 aromatic rings. The van der Waals surface area contributed by atoms with E-state index >= 15 is 0 Å². The van der Waals surface area contributed by atoms with Gasteiger partial charge in [0.1, 0.15) is 5.75 Å². The molecule has 21 heavy (non-hydrogen) atoms. The van der Waals surface area contributed by atoms with Gasteiger partial charge in [-0.25, -0.2) is 0 Å². The Kier molecular flexibility index (Phi) is 6.05. The molecule has 116 valence electrons. The summed E-state index contributed by atoms with van der Waals surface area (Å²) in [6.07, 6.45) is 4.48. The molecule has 0 aromatic heterocycles. The van der Waals surface area contributed by atoms with Crippen LogP contribution in [0.15, 0.2) is 24.3 Å². The van der Waals surface area contributed by atoms with Crippen molar-refractivity contribution >= 4 is 5.91 Å². The highest BCUT2D eigenvalue weighted by Gasteiger charge is 2.23. The molecule has 4 heteroatoms. The summed E-state index contributed by atoms with van der Waals surface area (Å²) in [7, 11) is 0. The molecule has 1 amide bonds. The minimum atomic E-state index is -0.406. The fraction of sp³-hybridized carbons (Fsp3) is 0.588. The molecule has 1 aliphatic carbocycles. The van der Waals surface area contributed by atoms with Gasteiger partial charge in [-0.1, -0.05) is 25.0 Å². The minimum absolute atomic E-state index is 0.0452. The highest BCUT2D eigenvalue weighted by molar-refractivity contribution is 5.78. The summed E-state index contributed by atoms with van der Waals surface area (Å²) in [5.74, 6) is 1.13. The number of rotatable bonds is 7. The third-order valence-corrected chi connectivity index (χ3v) is 4.05. The number of aliphatic hydroxyl groups excluding tert-OH is 1. The molecule has 0 aliphatic heterocycles. The Morgan fingerprint density at radius 1 is 1.33 bits per heavy atom. The first-order chi connectivity index (χ1) is 10.2. The average molecular weight is 291 g/mol. The summed E-state index contributed by atoms with van der Waals surface area (Å²) in [5, 5.41) is 12.9. The van der Waals surface area contributed by atoms with Gasteiger partial charge in [-0.05, 0) is 43.4 Å².